The van der Waals surface area contributed by atoms with Crippen molar-refractivity contribution in [1.29, 1.82) is 0 Å². The number of aromatic nitrogens is 3. The van der Waals surface area contributed by atoms with Gasteiger partial charge in [0.15, 0.2) is 5.82 Å². The van der Waals surface area contributed by atoms with Crippen molar-refractivity contribution in [2.45, 2.75) is 48.5 Å². The van der Waals surface area contributed by atoms with E-state index in [-0.39, 0.29) is 11.7 Å². The van der Waals surface area contributed by atoms with E-state index < -0.39 is 0 Å². The SMILES string of the molecule is C/C=C(\C=N/N)c1cc(O)n2ncnc(N)c12.CC.CC.CC. The van der Waals surface area contributed by atoms with Gasteiger partial charge >= 0.3 is 0 Å². The van der Waals surface area contributed by atoms with Gasteiger partial charge in [0.2, 0.25) is 5.88 Å². The Bertz CT molecular complexity index is 616. The minimum absolute atomic E-state index is 0.0196. The van der Waals surface area contributed by atoms with Crippen LogP contribution in [0.15, 0.2) is 23.6 Å². The zero-order valence-electron chi connectivity index (χ0n) is 15.2. The number of hydrogen-bond donors (Lipinski definition) is 3. The van der Waals surface area contributed by atoms with Gasteiger partial charge in [0.05, 0.1) is 6.21 Å². The van der Waals surface area contributed by atoms with Crippen LogP contribution in [-0.4, -0.2) is 25.9 Å². The highest BCUT2D eigenvalue weighted by Crippen LogP contribution is 2.28. The lowest BCUT2D eigenvalue weighted by Gasteiger charge is -2.01. The molecule has 2 aromatic heterocycles. The van der Waals surface area contributed by atoms with Crippen LogP contribution < -0.4 is 11.6 Å². The van der Waals surface area contributed by atoms with Crippen molar-refractivity contribution in [3.05, 3.63) is 24.0 Å². The molecular formula is C16H30N6O. The number of nitrogen functional groups attached to an aromatic ring is 1. The average molecular weight is 322 g/mol. The van der Waals surface area contributed by atoms with Crippen molar-refractivity contribution in [3.63, 3.8) is 0 Å². The third-order valence-electron chi connectivity index (χ3n) is 2.40. The Hall–Kier alpha value is -2.57. The zero-order chi connectivity index (χ0) is 18.4. The van der Waals surface area contributed by atoms with Gasteiger partial charge in [-0.1, -0.05) is 47.6 Å². The number of nitrogens with two attached hydrogens (primary N) is 2. The van der Waals surface area contributed by atoms with Gasteiger partial charge in [-0.05, 0) is 12.5 Å². The van der Waals surface area contributed by atoms with Crippen LogP contribution >= 0.6 is 0 Å². The molecule has 0 aromatic carbocycles. The topological polar surface area (TPSA) is 115 Å². The molecule has 130 valence electrons. The summed E-state index contributed by atoms with van der Waals surface area (Å²) in [4.78, 5) is 3.89. The number of hydrogen-bond acceptors (Lipinski definition) is 6. The van der Waals surface area contributed by atoms with E-state index >= 15 is 0 Å². The second kappa shape index (κ2) is 13.1. The van der Waals surface area contributed by atoms with Gasteiger partial charge in [-0.15, -0.1) is 0 Å². The summed E-state index contributed by atoms with van der Waals surface area (Å²) in [5.74, 6) is 5.39. The molecule has 0 unspecified atom stereocenters. The third-order valence-corrected chi connectivity index (χ3v) is 2.40. The van der Waals surface area contributed by atoms with E-state index in [2.05, 4.69) is 15.2 Å². The smallest absolute Gasteiger partial charge is 0.213 e. The summed E-state index contributed by atoms with van der Waals surface area (Å²) in [5, 5.41) is 17.1. The van der Waals surface area contributed by atoms with Crippen LogP contribution in [0, 0.1) is 0 Å². The molecule has 7 heteroatoms. The highest BCUT2D eigenvalue weighted by Gasteiger charge is 2.14. The molecule has 7 nitrogen and oxygen atoms in total. The predicted octanol–water partition coefficient (Wildman–Crippen LogP) is 3.44. The fraction of sp³-hybridized carbons (Fsp3) is 0.438. The van der Waals surface area contributed by atoms with Crippen LogP contribution in [0.2, 0.25) is 0 Å². The van der Waals surface area contributed by atoms with E-state index in [1.165, 1.54) is 23.1 Å². The summed E-state index contributed by atoms with van der Waals surface area (Å²) in [6.07, 6.45) is 4.55. The van der Waals surface area contributed by atoms with Gasteiger partial charge < -0.3 is 16.7 Å². The van der Waals surface area contributed by atoms with Gasteiger partial charge in [-0.2, -0.15) is 14.7 Å². The Morgan fingerprint density at radius 2 is 1.78 bits per heavy atom. The number of fused-ring (bicyclic) bond motifs is 1. The van der Waals surface area contributed by atoms with Gasteiger partial charge in [-0.3, -0.25) is 0 Å². The van der Waals surface area contributed by atoms with Crippen LogP contribution in [0.1, 0.15) is 54.0 Å². The van der Waals surface area contributed by atoms with Crippen molar-refractivity contribution in [2.75, 3.05) is 5.73 Å². The van der Waals surface area contributed by atoms with E-state index in [4.69, 9.17) is 11.6 Å². The van der Waals surface area contributed by atoms with Gasteiger partial charge in [-0.25, -0.2) is 4.98 Å². The van der Waals surface area contributed by atoms with Crippen LogP contribution in [0.5, 0.6) is 5.88 Å². The molecule has 0 aliphatic carbocycles. The number of aromatic hydroxyl groups is 1. The summed E-state index contributed by atoms with van der Waals surface area (Å²) in [7, 11) is 0. The molecule has 2 heterocycles. The number of allylic oxidation sites excluding steroid dienone is 2. The second-order valence-electron chi connectivity index (χ2n) is 3.34. The largest absolute Gasteiger partial charge is 0.493 e. The Labute approximate surface area is 138 Å². The lowest BCUT2D eigenvalue weighted by Crippen LogP contribution is -2.00. The van der Waals surface area contributed by atoms with Crippen molar-refractivity contribution in [3.8, 4) is 5.88 Å². The van der Waals surface area contributed by atoms with E-state index in [1.807, 2.05) is 48.5 Å². The van der Waals surface area contributed by atoms with E-state index in [9.17, 15) is 5.11 Å². The van der Waals surface area contributed by atoms with E-state index in [1.54, 1.807) is 6.08 Å². The first-order chi connectivity index (χ1) is 11.2. The molecule has 2 aromatic rings. The van der Waals surface area contributed by atoms with Crippen LogP contribution in [0.4, 0.5) is 5.82 Å². The Balaban J connectivity index is 0. The van der Waals surface area contributed by atoms with Gasteiger partial charge in [0.25, 0.3) is 0 Å². The van der Waals surface area contributed by atoms with Gasteiger partial charge in [0, 0.05) is 11.6 Å². The Morgan fingerprint density at radius 3 is 2.26 bits per heavy atom. The average Bonchev–Trinajstić information content (AvgIpc) is 2.96. The Kier molecular flexibility index (Phi) is 13.0. The molecule has 0 aliphatic rings. The monoisotopic (exact) mass is 322 g/mol. The summed E-state index contributed by atoms with van der Waals surface area (Å²) in [6.45, 7) is 13.8. The first kappa shape index (κ1) is 22.7. The standard InChI is InChI=1S/C10H12N6O.3C2H6/c1-2-6(4-14-12)7-3-8(17)16-9(7)10(11)13-5-15-16;3*1-2/h2-5,17H,12H2,1H3,(H2,11,13,15);3*1-2H3/b6-2+,14-4-;;;. The number of anilines is 1. The first-order valence-electron chi connectivity index (χ1n) is 7.90. The maximum Gasteiger partial charge on any atom is 0.213 e. The first-order valence-corrected chi connectivity index (χ1v) is 7.90. The molecule has 0 fully saturated rings. The molecule has 0 saturated carbocycles. The second-order valence-corrected chi connectivity index (χ2v) is 3.34. The molecular weight excluding hydrogens is 292 g/mol. The summed E-state index contributed by atoms with van der Waals surface area (Å²) in [5.41, 5.74) is 7.71. The van der Waals surface area contributed by atoms with Crippen molar-refractivity contribution in [2.24, 2.45) is 10.9 Å². The maximum atomic E-state index is 9.74. The molecule has 0 atom stereocenters. The molecule has 5 N–H and O–H groups in total. The van der Waals surface area contributed by atoms with Crippen LogP contribution in [-0.2, 0) is 0 Å². The lowest BCUT2D eigenvalue weighted by atomic mass is 10.1. The highest BCUT2D eigenvalue weighted by atomic mass is 16.3. The highest BCUT2D eigenvalue weighted by molar-refractivity contribution is 6.13. The summed E-state index contributed by atoms with van der Waals surface area (Å²) >= 11 is 0. The summed E-state index contributed by atoms with van der Waals surface area (Å²) < 4.78 is 1.31. The van der Waals surface area contributed by atoms with Crippen molar-refractivity contribution >= 4 is 23.1 Å². The number of nitrogens with zero attached hydrogens (tertiary/aromatic N) is 4. The molecule has 23 heavy (non-hydrogen) atoms. The third kappa shape index (κ3) is 5.61. The van der Waals surface area contributed by atoms with E-state index in [0.29, 0.717) is 11.1 Å². The quantitative estimate of drug-likeness (QED) is 0.445. The van der Waals surface area contributed by atoms with Crippen molar-refractivity contribution < 1.29 is 5.11 Å². The minimum Gasteiger partial charge on any atom is -0.493 e. The summed E-state index contributed by atoms with van der Waals surface area (Å²) in [6, 6.07) is 1.54. The van der Waals surface area contributed by atoms with Crippen LogP contribution in [0.3, 0.4) is 0 Å². The van der Waals surface area contributed by atoms with Crippen molar-refractivity contribution in [1.82, 2.24) is 14.6 Å². The molecule has 2 rings (SSSR count). The van der Waals surface area contributed by atoms with E-state index in [0.717, 1.165) is 5.57 Å². The van der Waals surface area contributed by atoms with Crippen LogP contribution in [0.25, 0.3) is 11.1 Å². The normalized spacial score (nSPS) is 10.1. The molecule has 0 amide bonds. The maximum absolute atomic E-state index is 9.74. The molecule has 0 bridgehead atoms. The fourth-order valence-corrected chi connectivity index (χ4v) is 1.65. The molecule has 0 saturated heterocycles. The number of hydrazone groups is 1. The number of rotatable bonds is 2. The van der Waals surface area contributed by atoms with Gasteiger partial charge in [0.1, 0.15) is 11.8 Å². The Morgan fingerprint density at radius 1 is 1.22 bits per heavy atom. The molecule has 0 spiro atoms. The molecule has 0 radical (unpaired) electrons. The fourth-order valence-electron chi connectivity index (χ4n) is 1.65. The minimum atomic E-state index is -0.0196. The molecule has 0 aliphatic heterocycles. The predicted molar refractivity (Wildman–Crippen MR) is 99.4 cm³/mol. The lowest BCUT2D eigenvalue weighted by molar-refractivity contribution is 0.438. The zero-order valence-corrected chi connectivity index (χ0v) is 15.2.